The molecule has 2 unspecified atom stereocenters. The number of piperidine rings is 3. The van der Waals surface area contributed by atoms with Crippen molar-refractivity contribution in [2.24, 2.45) is 11.8 Å². The van der Waals surface area contributed by atoms with E-state index in [0.29, 0.717) is 58.7 Å². The third-order valence-electron chi connectivity index (χ3n) is 13.5. The van der Waals surface area contributed by atoms with Crippen molar-refractivity contribution in [2.75, 3.05) is 62.6 Å². The maximum atomic E-state index is 13.6. The number of benzene rings is 4. The van der Waals surface area contributed by atoms with Crippen LogP contribution in [0.4, 0.5) is 15.8 Å². The van der Waals surface area contributed by atoms with Crippen LogP contribution in [0.3, 0.4) is 0 Å². The van der Waals surface area contributed by atoms with E-state index < -0.39 is 6.04 Å². The molecule has 4 aromatic carbocycles. The summed E-state index contributed by atoms with van der Waals surface area (Å²) in [4.78, 5) is 71.3. The highest BCUT2D eigenvalue weighted by Gasteiger charge is 2.30. The Hall–Kier alpha value is -6.26. The van der Waals surface area contributed by atoms with E-state index in [9.17, 15) is 28.4 Å². The predicted molar refractivity (Wildman–Crippen MR) is 245 cm³/mol. The average Bonchev–Trinajstić information content (AvgIpc) is 3.32. The molecule has 0 saturated carbocycles. The minimum Gasteiger partial charge on any atom is -0.374 e. The van der Waals surface area contributed by atoms with Crippen LogP contribution >= 0.6 is 0 Å². The molecule has 4 heterocycles. The molecule has 0 aromatic heterocycles. The average molecular weight is 868 g/mol. The highest BCUT2D eigenvalue weighted by Crippen LogP contribution is 2.33. The zero-order chi connectivity index (χ0) is 44.6. The molecule has 2 atom stereocenters. The lowest BCUT2D eigenvalue weighted by atomic mass is 9.91. The van der Waals surface area contributed by atoms with Gasteiger partial charge in [-0.25, -0.2) is 4.39 Å². The molecule has 4 aliphatic rings. The minimum absolute atomic E-state index is 0.00870. The summed E-state index contributed by atoms with van der Waals surface area (Å²) in [7, 11) is 0. The van der Waals surface area contributed by atoms with E-state index in [1.54, 1.807) is 6.07 Å². The fraction of sp³-hybridized carbons (Fsp3) is 0.431. The number of anilines is 2. The Bertz CT molecular complexity index is 2410. The van der Waals surface area contributed by atoms with Crippen molar-refractivity contribution in [3.8, 4) is 11.8 Å². The number of piperazine rings is 1. The molecule has 8 rings (SSSR count). The molecule has 0 radical (unpaired) electrons. The summed E-state index contributed by atoms with van der Waals surface area (Å²) in [6.07, 6.45) is 4.35. The molecule has 3 N–H and O–H groups in total. The summed E-state index contributed by atoms with van der Waals surface area (Å²) in [6, 6.07) is 26.7. The Morgan fingerprint density at radius 2 is 1.44 bits per heavy atom. The van der Waals surface area contributed by atoms with Crippen molar-refractivity contribution in [1.82, 2.24) is 25.3 Å². The number of carbonyl (C=O) groups excluding carboxylic acids is 5. The number of amides is 5. The molecule has 12 nitrogen and oxygen atoms in total. The largest absolute Gasteiger partial charge is 0.374 e. The van der Waals surface area contributed by atoms with Gasteiger partial charge in [-0.15, -0.1) is 0 Å². The van der Waals surface area contributed by atoms with Crippen molar-refractivity contribution >= 4 is 51.7 Å². The first-order chi connectivity index (χ1) is 31.1. The second-order valence-electron chi connectivity index (χ2n) is 17.6. The number of likely N-dealkylation sites (tertiary alicyclic amines) is 2. The van der Waals surface area contributed by atoms with Gasteiger partial charge in [0.15, 0.2) is 0 Å². The Labute approximate surface area is 374 Å². The summed E-state index contributed by atoms with van der Waals surface area (Å²) in [5.74, 6) is 6.36. The van der Waals surface area contributed by atoms with Gasteiger partial charge in [-0.3, -0.25) is 34.2 Å². The Morgan fingerprint density at radius 3 is 2.14 bits per heavy atom. The van der Waals surface area contributed by atoms with Crippen LogP contribution in [0.2, 0.25) is 0 Å². The first kappa shape index (κ1) is 44.4. The first-order valence-corrected chi connectivity index (χ1v) is 22.9. The molecule has 4 fully saturated rings. The monoisotopic (exact) mass is 867 g/mol. The Morgan fingerprint density at radius 1 is 0.766 bits per heavy atom. The normalized spacial score (nSPS) is 19.4. The summed E-state index contributed by atoms with van der Waals surface area (Å²) in [5, 5.41) is 10.9. The van der Waals surface area contributed by atoms with Crippen molar-refractivity contribution in [2.45, 2.75) is 76.9 Å². The van der Waals surface area contributed by atoms with Gasteiger partial charge < -0.3 is 25.3 Å². The first-order valence-electron chi connectivity index (χ1n) is 22.9. The van der Waals surface area contributed by atoms with Gasteiger partial charge in [-0.05, 0) is 116 Å². The van der Waals surface area contributed by atoms with E-state index in [4.69, 9.17) is 0 Å². The van der Waals surface area contributed by atoms with Crippen molar-refractivity contribution < 1.29 is 28.4 Å². The lowest BCUT2D eigenvalue weighted by molar-refractivity contribution is -0.137. The molecule has 0 aliphatic carbocycles. The molecule has 13 heteroatoms. The summed E-state index contributed by atoms with van der Waals surface area (Å²) < 4.78 is 13.6. The number of carbonyl (C=O) groups is 5. The van der Waals surface area contributed by atoms with E-state index in [1.807, 2.05) is 40.1 Å². The minimum atomic E-state index is -0.432. The van der Waals surface area contributed by atoms with E-state index in [2.05, 4.69) is 80.9 Å². The molecule has 4 saturated heterocycles. The fourth-order valence-electron chi connectivity index (χ4n) is 9.53. The summed E-state index contributed by atoms with van der Waals surface area (Å²) in [5.41, 5.74) is 4.85. The van der Waals surface area contributed by atoms with E-state index in [1.165, 1.54) is 23.1 Å². The molecular weight excluding hydrogens is 810 g/mol. The van der Waals surface area contributed by atoms with Crippen molar-refractivity contribution in [1.29, 1.82) is 0 Å². The quantitative estimate of drug-likeness (QED) is 0.124. The molecule has 4 aromatic rings. The molecule has 5 amide bonds. The van der Waals surface area contributed by atoms with Crippen LogP contribution in [-0.4, -0.2) is 103 Å². The van der Waals surface area contributed by atoms with Crippen LogP contribution in [0.1, 0.15) is 81.0 Å². The number of halogens is 1. The van der Waals surface area contributed by atoms with E-state index in [0.717, 1.165) is 66.7 Å². The second kappa shape index (κ2) is 20.5. The van der Waals surface area contributed by atoms with Crippen LogP contribution in [0.5, 0.6) is 0 Å². The fourth-order valence-corrected chi connectivity index (χ4v) is 9.53. The van der Waals surface area contributed by atoms with Crippen molar-refractivity contribution in [3.05, 3.63) is 107 Å². The maximum Gasteiger partial charge on any atom is 0.249 e. The number of hydrogen-bond donors (Lipinski definition) is 3. The van der Waals surface area contributed by atoms with Gasteiger partial charge in [0.25, 0.3) is 0 Å². The number of fused-ring (bicyclic) bond motifs is 1. The van der Waals surface area contributed by atoms with Gasteiger partial charge in [0.1, 0.15) is 11.9 Å². The van der Waals surface area contributed by atoms with Gasteiger partial charge in [-0.1, -0.05) is 54.3 Å². The molecule has 64 heavy (non-hydrogen) atoms. The van der Waals surface area contributed by atoms with Crippen LogP contribution in [0, 0.1) is 29.5 Å². The van der Waals surface area contributed by atoms with Crippen LogP contribution < -0.4 is 20.9 Å². The standard InChI is InChI=1S/C51H58FN7O5/c1-35(56-27-23-39(24-28-56)50(63)53-34-37-5-2-7-40(52)33-37)43-8-4-9-44-38(6-3-10-45(43)44)12-11-36-21-25-58(26-22-36)48(61)19-20-49(62)59-31-29-57(30-32-59)42-15-13-41(14-16-42)54-46-17-18-47(60)55-51(46)64/h2-10,13-16,33,35-36,39,46,54H,17-32,34H2,1H3,(H,53,63)(H,55,60,64). The van der Waals surface area contributed by atoms with E-state index in [-0.39, 0.29) is 66.1 Å². The highest BCUT2D eigenvalue weighted by atomic mass is 19.1. The molecular formula is C51H58FN7O5. The van der Waals surface area contributed by atoms with Gasteiger partial charge in [-0.2, -0.15) is 0 Å². The number of hydrogen-bond acceptors (Lipinski definition) is 8. The topological polar surface area (TPSA) is 134 Å². The van der Waals surface area contributed by atoms with Crippen LogP contribution in [0.25, 0.3) is 10.8 Å². The zero-order valence-electron chi connectivity index (χ0n) is 36.6. The predicted octanol–water partition coefficient (Wildman–Crippen LogP) is 6.00. The molecule has 4 aliphatic heterocycles. The highest BCUT2D eigenvalue weighted by molar-refractivity contribution is 6.01. The number of imide groups is 1. The van der Waals surface area contributed by atoms with Crippen LogP contribution in [-0.2, 0) is 30.5 Å². The number of nitrogens with zero attached hydrogens (tertiary/aromatic N) is 4. The van der Waals surface area contributed by atoms with Crippen LogP contribution in [0.15, 0.2) is 84.9 Å². The summed E-state index contributed by atoms with van der Waals surface area (Å²) >= 11 is 0. The number of nitrogens with one attached hydrogen (secondary N) is 3. The Kier molecular flexibility index (Phi) is 14.2. The van der Waals surface area contributed by atoms with Gasteiger partial charge in [0.05, 0.1) is 0 Å². The summed E-state index contributed by atoms with van der Waals surface area (Å²) in [6.45, 7) is 8.03. The SMILES string of the molecule is CC(c1cccc2c(C#CC3CCN(C(=O)CCC(=O)N4CCN(c5ccc(NC6CCC(=O)NC6=O)cc5)CC4)CC3)cccc12)N1CCC(C(=O)NCc2cccc(F)c2)CC1. The Balaban J connectivity index is 0.759. The van der Waals surface area contributed by atoms with Crippen molar-refractivity contribution in [3.63, 3.8) is 0 Å². The maximum absolute atomic E-state index is 13.6. The third kappa shape index (κ3) is 10.9. The second-order valence-corrected chi connectivity index (χ2v) is 17.6. The smallest absolute Gasteiger partial charge is 0.249 e. The molecule has 0 spiro atoms. The lowest BCUT2D eigenvalue weighted by Crippen LogP contribution is -2.49. The molecule has 334 valence electrons. The lowest BCUT2D eigenvalue weighted by Gasteiger charge is -2.36. The van der Waals surface area contributed by atoms with Gasteiger partial charge in [0.2, 0.25) is 29.5 Å². The van der Waals surface area contributed by atoms with E-state index >= 15 is 0 Å². The zero-order valence-corrected chi connectivity index (χ0v) is 36.6. The third-order valence-corrected chi connectivity index (χ3v) is 13.5. The molecule has 0 bridgehead atoms. The number of rotatable bonds is 11. The van der Waals surface area contributed by atoms with Gasteiger partial charge in [0, 0.05) is 99.9 Å². The van der Waals surface area contributed by atoms with Gasteiger partial charge >= 0.3 is 0 Å².